The number of aliphatic hydroxyl groups excluding tert-OH is 1. The van der Waals surface area contributed by atoms with Crippen LogP contribution in [0, 0.1) is 0 Å². The van der Waals surface area contributed by atoms with E-state index < -0.39 is 0 Å². The first kappa shape index (κ1) is 11.4. The highest BCUT2D eigenvalue weighted by molar-refractivity contribution is 4.89. The summed E-state index contributed by atoms with van der Waals surface area (Å²) in [5.74, 6) is 0. The van der Waals surface area contributed by atoms with Crippen LogP contribution in [0.3, 0.4) is 0 Å². The topological polar surface area (TPSA) is 26.7 Å². The first-order valence-corrected chi connectivity index (χ1v) is 6.31. The summed E-state index contributed by atoms with van der Waals surface area (Å²) in [4.78, 5) is 4.95. The maximum Gasteiger partial charge on any atom is 0.0695 e. The number of aliphatic hydroxyl groups is 1. The summed E-state index contributed by atoms with van der Waals surface area (Å²) < 4.78 is 0. The van der Waals surface area contributed by atoms with Crippen molar-refractivity contribution < 1.29 is 5.11 Å². The molecule has 0 aromatic carbocycles. The summed E-state index contributed by atoms with van der Waals surface area (Å²) in [6.45, 7) is 5.80. The molecule has 0 radical (unpaired) electrons. The van der Waals surface area contributed by atoms with Crippen LogP contribution < -0.4 is 0 Å². The number of nitrogens with zero attached hydrogens (tertiary/aromatic N) is 2. The Hall–Kier alpha value is -0.120. The number of hydrogen-bond acceptors (Lipinski definition) is 3. The quantitative estimate of drug-likeness (QED) is 0.700. The number of hydrogen-bond donors (Lipinski definition) is 1. The molecule has 1 saturated carbocycles. The molecule has 0 aromatic rings. The molecular formula is C12H24N2O. The van der Waals surface area contributed by atoms with Gasteiger partial charge in [0.05, 0.1) is 6.10 Å². The van der Waals surface area contributed by atoms with Gasteiger partial charge in [-0.15, -0.1) is 0 Å². The van der Waals surface area contributed by atoms with E-state index in [0.29, 0.717) is 12.1 Å². The summed E-state index contributed by atoms with van der Waals surface area (Å²) in [7, 11) is 2.20. The molecule has 2 fully saturated rings. The van der Waals surface area contributed by atoms with Crippen molar-refractivity contribution in [2.75, 3.05) is 26.7 Å². The van der Waals surface area contributed by atoms with Crippen molar-refractivity contribution in [3.8, 4) is 0 Å². The van der Waals surface area contributed by atoms with Gasteiger partial charge in [-0.25, -0.2) is 0 Å². The highest BCUT2D eigenvalue weighted by Gasteiger charge is 2.34. The monoisotopic (exact) mass is 212 g/mol. The van der Waals surface area contributed by atoms with Gasteiger partial charge in [-0.1, -0.05) is 0 Å². The molecule has 15 heavy (non-hydrogen) atoms. The van der Waals surface area contributed by atoms with Crippen molar-refractivity contribution in [3.63, 3.8) is 0 Å². The molecule has 1 heterocycles. The maximum atomic E-state index is 9.96. The molecule has 3 nitrogen and oxygen atoms in total. The van der Waals surface area contributed by atoms with Crippen LogP contribution in [0.15, 0.2) is 0 Å². The number of likely N-dealkylation sites (N-methyl/N-ethyl adjacent to an activating group) is 1. The summed E-state index contributed by atoms with van der Waals surface area (Å²) >= 11 is 0. The van der Waals surface area contributed by atoms with Crippen LogP contribution in [0.4, 0.5) is 0 Å². The third-order valence-electron chi connectivity index (χ3n) is 3.97. The standard InChI is InChI=1S/C12H24N2O/c1-10-9-13(2)7-4-8-14(10)11-5-3-6-12(11)15/h10-12,15H,3-9H2,1-2H3. The zero-order valence-electron chi connectivity index (χ0n) is 10.0. The van der Waals surface area contributed by atoms with Crippen molar-refractivity contribution in [3.05, 3.63) is 0 Å². The van der Waals surface area contributed by atoms with Crippen molar-refractivity contribution in [2.45, 2.75) is 50.8 Å². The third-order valence-corrected chi connectivity index (χ3v) is 3.97. The van der Waals surface area contributed by atoms with Crippen LogP contribution in [0.2, 0.25) is 0 Å². The van der Waals surface area contributed by atoms with Crippen LogP contribution >= 0.6 is 0 Å². The van der Waals surface area contributed by atoms with E-state index in [-0.39, 0.29) is 6.10 Å². The predicted molar refractivity (Wildman–Crippen MR) is 61.9 cm³/mol. The fraction of sp³-hybridized carbons (Fsp3) is 1.00. The van der Waals surface area contributed by atoms with E-state index in [9.17, 15) is 5.11 Å². The molecule has 88 valence electrons. The molecule has 0 amide bonds. The average molecular weight is 212 g/mol. The average Bonchev–Trinajstić information content (AvgIpc) is 2.51. The Labute approximate surface area is 93.1 Å². The molecule has 2 aliphatic rings. The maximum absolute atomic E-state index is 9.96. The van der Waals surface area contributed by atoms with Gasteiger partial charge in [0.1, 0.15) is 0 Å². The van der Waals surface area contributed by atoms with Gasteiger partial charge >= 0.3 is 0 Å². The highest BCUT2D eigenvalue weighted by Crippen LogP contribution is 2.27. The smallest absolute Gasteiger partial charge is 0.0695 e. The van der Waals surface area contributed by atoms with Crippen LogP contribution in [0.5, 0.6) is 0 Å². The Morgan fingerprint density at radius 2 is 1.93 bits per heavy atom. The summed E-state index contributed by atoms with van der Waals surface area (Å²) in [5, 5.41) is 9.96. The molecule has 2 rings (SSSR count). The van der Waals surface area contributed by atoms with Crippen LogP contribution in [-0.4, -0.2) is 59.8 Å². The minimum absolute atomic E-state index is 0.0733. The van der Waals surface area contributed by atoms with E-state index in [1.165, 1.54) is 25.8 Å². The molecule has 3 heteroatoms. The normalized spacial score (nSPS) is 40.6. The summed E-state index contributed by atoms with van der Waals surface area (Å²) in [5.41, 5.74) is 0. The van der Waals surface area contributed by atoms with Gasteiger partial charge in [-0.05, 0) is 46.2 Å². The predicted octanol–water partition coefficient (Wildman–Crippen LogP) is 0.926. The van der Waals surface area contributed by atoms with Gasteiger partial charge < -0.3 is 10.0 Å². The third kappa shape index (κ3) is 2.52. The van der Waals surface area contributed by atoms with E-state index in [4.69, 9.17) is 0 Å². The Morgan fingerprint density at radius 1 is 1.13 bits per heavy atom. The Bertz CT molecular complexity index is 210. The molecule has 0 spiro atoms. The molecular weight excluding hydrogens is 188 g/mol. The second-order valence-electron chi connectivity index (χ2n) is 5.27. The molecule has 1 N–H and O–H groups in total. The van der Waals surface area contributed by atoms with Crippen molar-refractivity contribution >= 4 is 0 Å². The van der Waals surface area contributed by atoms with Crippen molar-refractivity contribution in [2.24, 2.45) is 0 Å². The summed E-state index contributed by atoms with van der Waals surface area (Å²) in [6.07, 6.45) is 4.56. The Balaban J connectivity index is 2.00. The zero-order chi connectivity index (χ0) is 10.8. The van der Waals surface area contributed by atoms with Gasteiger partial charge in [0, 0.05) is 25.2 Å². The van der Waals surface area contributed by atoms with E-state index in [2.05, 4.69) is 23.8 Å². The van der Waals surface area contributed by atoms with E-state index >= 15 is 0 Å². The van der Waals surface area contributed by atoms with Gasteiger partial charge in [0.25, 0.3) is 0 Å². The SMILES string of the molecule is CC1CN(C)CCCN1C1CCCC1O. The first-order valence-electron chi connectivity index (χ1n) is 6.31. The lowest BCUT2D eigenvalue weighted by Crippen LogP contribution is -2.47. The fourth-order valence-electron chi connectivity index (χ4n) is 3.19. The Kier molecular flexibility index (Phi) is 3.65. The lowest BCUT2D eigenvalue weighted by atomic mass is 10.1. The second kappa shape index (κ2) is 4.81. The molecule has 0 bridgehead atoms. The van der Waals surface area contributed by atoms with Gasteiger partial charge in [0.15, 0.2) is 0 Å². The number of rotatable bonds is 1. The highest BCUT2D eigenvalue weighted by atomic mass is 16.3. The van der Waals surface area contributed by atoms with Gasteiger partial charge in [0.2, 0.25) is 0 Å². The van der Waals surface area contributed by atoms with Gasteiger partial charge in [-0.2, -0.15) is 0 Å². The van der Waals surface area contributed by atoms with E-state index in [1.54, 1.807) is 0 Å². The minimum Gasteiger partial charge on any atom is -0.391 e. The first-order chi connectivity index (χ1) is 7.18. The minimum atomic E-state index is -0.0733. The van der Waals surface area contributed by atoms with Crippen molar-refractivity contribution in [1.29, 1.82) is 0 Å². The molecule has 0 aromatic heterocycles. The molecule has 3 unspecified atom stereocenters. The van der Waals surface area contributed by atoms with Crippen LogP contribution in [-0.2, 0) is 0 Å². The lowest BCUT2D eigenvalue weighted by Gasteiger charge is -2.35. The largest absolute Gasteiger partial charge is 0.391 e. The van der Waals surface area contributed by atoms with Crippen molar-refractivity contribution in [1.82, 2.24) is 9.80 Å². The van der Waals surface area contributed by atoms with E-state index in [1.807, 2.05) is 0 Å². The second-order valence-corrected chi connectivity index (χ2v) is 5.27. The molecule has 1 aliphatic carbocycles. The van der Waals surface area contributed by atoms with E-state index in [0.717, 1.165) is 19.5 Å². The lowest BCUT2D eigenvalue weighted by molar-refractivity contribution is 0.0490. The van der Waals surface area contributed by atoms with Crippen LogP contribution in [0.25, 0.3) is 0 Å². The van der Waals surface area contributed by atoms with Crippen LogP contribution in [0.1, 0.15) is 32.6 Å². The Morgan fingerprint density at radius 3 is 2.60 bits per heavy atom. The summed E-state index contributed by atoms with van der Waals surface area (Å²) in [6, 6.07) is 1.03. The fourth-order valence-corrected chi connectivity index (χ4v) is 3.19. The molecule has 1 aliphatic heterocycles. The molecule has 3 atom stereocenters. The van der Waals surface area contributed by atoms with Gasteiger partial charge in [-0.3, -0.25) is 4.90 Å². The zero-order valence-corrected chi connectivity index (χ0v) is 10.0. The molecule has 1 saturated heterocycles.